The number of likely N-dealkylation sites (N-methyl/N-ethyl adjacent to an activating group) is 1. The standard InChI is InChI=1S/C10H20N2O2/c1-11-3-5-12(6-4-11)9-2-7-14-8-10(9)13/h9-10,13H,2-8H2,1H3. The van der Waals surface area contributed by atoms with Gasteiger partial charge in [-0.1, -0.05) is 0 Å². The molecule has 14 heavy (non-hydrogen) atoms. The van der Waals surface area contributed by atoms with Gasteiger partial charge in [0.1, 0.15) is 0 Å². The van der Waals surface area contributed by atoms with E-state index in [-0.39, 0.29) is 6.10 Å². The van der Waals surface area contributed by atoms with Crippen LogP contribution in [0, 0.1) is 0 Å². The average Bonchev–Trinajstić information content (AvgIpc) is 2.20. The van der Waals surface area contributed by atoms with Gasteiger partial charge in [0.25, 0.3) is 0 Å². The van der Waals surface area contributed by atoms with Crippen molar-refractivity contribution in [1.82, 2.24) is 9.80 Å². The minimum atomic E-state index is -0.285. The van der Waals surface area contributed by atoms with Gasteiger partial charge in [-0.3, -0.25) is 4.90 Å². The zero-order valence-electron chi connectivity index (χ0n) is 8.85. The molecule has 2 aliphatic rings. The van der Waals surface area contributed by atoms with Crippen LogP contribution in [0.2, 0.25) is 0 Å². The summed E-state index contributed by atoms with van der Waals surface area (Å²) < 4.78 is 5.24. The Labute approximate surface area is 85.4 Å². The SMILES string of the molecule is CN1CCN(C2CCOCC2O)CC1. The van der Waals surface area contributed by atoms with Gasteiger partial charge >= 0.3 is 0 Å². The quantitative estimate of drug-likeness (QED) is 0.612. The van der Waals surface area contributed by atoms with Crippen LogP contribution >= 0.6 is 0 Å². The molecule has 0 aromatic carbocycles. The molecular formula is C10H20N2O2. The zero-order chi connectivity index (χ0) is 9.97. The van der Waals surface area contributed by atoms with Gasteiger partial charge in [0.05, 0.1) is 12.7 Å². The molecule has 0 aliphatic carbocycles. The number of aliphatic hydroxyl groups excluding tert-OH is 1. The molecular weight excluding hydrogens is 180 g/mol. The Morgan fingerprint density at radius 1 is 1.21 bits per heavy atom. The highest BCUT2D eigenvalue weighted by Gasteiger charge is 2.30. The van der Waals surface area contributed by atoms with Gasteiger partial charge in [0.2, 0.25) is 0 Å². The molecule has 0 bridgehead atoms. The maximum absolute atomic E-state index is 9.81. The zero-order valence-corrected chi connectivity index (χ0v) is 8.85. The summed E-state index contributed by atoms with van der Waals surface area (Å²) in [5, 5.41) is 9.81. The van der Waals surface area contributed by atoms with Gasteiger partial charge in [0.15, 0.2) is 0 Å². The fraction of sp³-hybridized carbons (Fsp3) is 1.00. The Hall–Kier alpha value is -0.160. The lowest BCUT2D eigenvalue weighted by atomic mass is 10.0. The number of piperazine rings is 1. The van der Waals surface area contributed by atoms with Crippen LogP contribution in [0.4, 0.5) is 0 Å². The van der Waals surface area contributed by atoms with Crippen molar-refractivity contribution in [3.8, 4) is 0 Å². The van der Waals surface area contributed by atoms with Crippen molar-refractivity contribution in [3.05, 3.63) is 0 Å². The molecule has 4 heteroatoms. The second-order valence-corrected chi connectivity index (χ2v) is 4.34. The summed E-state index contributed by atoms with van der Waals surface area (Å²) in [6.07, 6.45) is 0.692. The molecule has 0 amide bonds. The second-order valence-electron chi connectivity index (χ2n) is 4.34. The number of aliphatic hydroxyl groups is 1. The number of ether oxygens (including phenoxy) is 1. The Bertz CT molecular complexity index is 181. The Morgan fingerprint density at radius 2 is 1.93 bits per heavy atom. The number of hydrogen-bond donors (Lipinski definition) is 1. The van der Waals surface area contributed by atoms with E-state index in [1.165, 1.54) is 0 Å². The number of nitrogens with zero attached hydrogens (tertiary/aromatic N) is 2. The molecule has 2 heterocycles. The molecule has 2 unspecified atom stereocenters. The first-order valence-corrected chi connectivity index (χ1v) is 5.46. The Morgan fingerprint density at radius 3 is 2.57 bits per heavy atom. The molecule has 0 aromatic rings. The highest BCUT2D eigenvalue weighted by molar-refractivity contribution is 4.84. The fourth-order valence-corrected chi connectivity index (χ4v) is 2.29. The lowest BCUT2D eigenvalue weighted by Crippen LogP contribution is -2.55. The average molecular weight is 200 g/mol. The summed E-state index contributed by atoms with van der Waals surface area (Å²) in [4.78, 5) is 4.75. The molecule has 2 fully saturated rings. The van der Waals surface area contributed by atoms with E-state index in [1.807, 2.05) is 0 Å². The third kappa shape index (κ3) is 2.25. The highest BCUT2D eigenvalue weighted by atomic mass is 16.5. The molecule has 4 nitrogen and oxygen atoms in total. The highest BCUT2D eigenvalue weighted by Crippen LogP contribution is 2.16. The minimum absolute atomic E-state index is 0.285. The van der Waals surface area contributed by atoms with Gasteiger partial charge in [-0.15, -0.1) is 0 Å². The van der Waals surface area contributed by atoms with Crippen LogP contribution < -0.4 is 0 Å². The monoisotopic (exact) mass is 200 g/mol. The molecule has 2 rings (SSSR count). The summed E-state index contributed by atoms with van der Waals surface area (Å²) in [5.74, 6) is 0. The van der Waals surface area contributed by atoms with Gasteiger partial charge in [-0.05, 0) is 13.5 Å². The van der Waals surface area contributed by atoms with E-state index in [2.05, 4.69) is 16.8 Å². The maximum atomic E-state index is 9.81. The van der Waals surface area contributed by atoms with Crippen molar-refractivity contribution >= 4 is 0 Å². The third-order valence-corrected chi connectivity index (χ3v) is 3.30. The van der Waals surface area contributed by atoms with E-state index >= 15 is 0 Å². The molecule has 0 saturated carbocycles. The van der Waals surface area contributed by atoms with Gasteiger partial charge in [-0.25, -0.2) is 0 Å². The van der Waals surface area contributed by atoms with E-state index in [4.69, 9.17) is 4.74 Å². The van der Waals surface area contributed by atoms with Crippen molar-refractivity contribution < 1.29 is 9.84 Å². The van der Waals surface area contributed by atoms with Crippen molar-refractivity contribution in [2.75, 3.05) is 46.4 Å². The predicted molar refractivity (Wildman–Crippen MR) is 54.3 cm³/mol. The molecule has 0 spiro atoms. The van der Waals surface area contributed by atoms with E-state index < -0.39 is 0 Å². The first-order chi connectivity index (χ1) is 6.77. The van der Waals surface area contributed by atoms with Crippen LogP contribution in [0.15, 0.2) is 0 Å². The van der Waals surface area contributed by atoms with Crippen LogP contribution in [0.5, 0.6) is 0 Å². The summed E-state index contributed by atoms with van der Waals surface area (Å²) >= 11 is 0. The Balaban J connectivity index is 1.87. The summed E-state index contributed by atoms with van der Waals surface area (Å²) in [6, 6.07) is 0.331. The largest absolute Gasteiger partial charge is 0.389 e. The molecule has 1 N–H and O–H groups in total. The topological polar surface area (TPSA) is 35.9 Å². The van der Waals surface area contributed by atoms with Gasteiger partial charge < -0.3 is 14.7 Å². The van der Waals surface area contributed by atoms with Crippen LogP contribution in [0.1, 0.15) is 6.42 Å². The third-order valence-electron chi connectivity index (χ3n) is 3.30. The minimum Gasteiger partial charge on any atom is -0.389 e. The van der Waals surface area contributed by atoms with Crippen LogP contribution in [-0.4, -0.2) is 73.5 Å². The Kier molecular flexibility index (Phi) is 3.38. The maximum Gasteiger partial charge on any atom is 0.0929 e. The lowest BCUT2D eigenvalue weighted by Gasteiger charge is -2.41. The van der Waals surface area contributed by atoms with Gasteiger partial charge in [-0.2, -0.15) is 0 Å². The molecule has 2 atom stereocenters. The van der Waals surface area contributed by atoms with Gasteiger partial charge in [0, 0.05) is 38.8 Å². The fourth-order valence-electron chi connectivity index (χ4n) is 2.29. The molecule has 82 valence electrons. The molecule has 0 aromatic heterocycles. The van der Waals surface area contributed by atoms with Crippen molar-refractivity contribution in [2.24, 2.45) is 0 Å². The number of rotatable bonds is 1. The van der Waals surface area contributed by atoms with Crippen LogP contribution in [-0.2, 0) is 4.74 Å². The smallest absolute Gasteiger partial charge is 0.0929 e. The first kappa shape index (κ1) is 10.4. The molecule has 0 radical (unpaired) electrons. The van der Waals surface area contributed by atoms with E-state index in [9.17, 15) is 5.11 Å². The van der Waals surface area contributed by atoms with Crippen molar-refractivity contribution in [3.63, 3.8) is 0 Å². The van der Waals surface area contributed by atoms with E-state index in [0.717, 1.165) is 39.2 Å². The van der Waals surface area contributed by atoms with E-state index in [0.29, 0.717) is 12.6 Å². The second kappa shape index (κ2) is 4.57. The van der Waals surface area contributed by atoms with Crippen LogP contribution in [0.3, 0.4) is 0 Å². The number of hydrogen-bond acceptors (Lipinski definition) is 4. The van der Waals surface area contributed by atoms with E-state index in [1.54, 1.807) is 0 Å². The van der Waals surface area contributed by atoms with Crippen molar-refractivity contribution in [2.45, 2.75) is 18.6 Å². The molecule has 2 saturated heterocycles. The lowest BCUT2D eigenvalue weighted by molar-refractivity contribution is -0.0721. The normalized spacial score (nSPS) is 37.3. The molecule has 2 aliphatic heterocycles. The summed E-state index contributed by atoms with van der Waals surface area (Å²) in [6.45, 7) is 5.70. The predicted octanol–water partition coefficient (Wildman–Crippen LogP) is -0.616. The van der Waals surface area contributed by atoms with Crippen molar-refractivity contribution in [1.29, 1.82) is 0 Å². The first-order valence-electron chi connectivity index (χ1n) is 5.46. The summed E-state index contributed by atoms with van der Waals surface area (Å²) in [7, 11) is 2.15. The summed E-state index contributed by atoms with van der Waals surface area (Å²) in [5.41, 5.74) is 0. The van der Waals surface area contributed by atoms with Crippen LogP contribution in [0.25, 0.3) is 0 Å².